The Kier molecular flexibility index (Phi) is 6.07. The first kappa shape index (κ1) is 17.7. The van der Waals surface area contributed by atoms with E-state index in [1.54, 1.807) is 7.11 Å². The van der Waals surface area contributed by atoms with Crippen molar-refractivity contribution in [3.8, 4) is 5.75 Å². The standard InChI is InChI=1S/C21H26N2O/c1-22(2)19-13-10-17(11-14-19)8-6-7-9-18-12-15-20(23(3)4)21(16-18)24-5/h6-16H,1-5H3/b8-6+,9-7+. The largest absolute Gasteiger partial charge is 0.495 e. The average Bonchev–Trinajstić information content (AvgIpc) is 2.58. The van der Waals surface area contributed by atoms with E-state index in [0.29, 0.717) is 0 Å². The van der Waals surface area contributed by atoms with Crippen LogP contribution in [0.15, 0.2) is 54.6 Å². The van der Waals surface area contributed by atoms with Crippen molar-refractivity contribution in [3.63, 3.8) is 0 Å². The van der Waals surface area contributed by atoms with Gasteiger partial charge in [-0.3, -0.25) is 0 Å². The zero-order chi connectivity index (χ0) is 17.5. The van der Waals surface area contributed by atoms with E-state index in [9.17, 15) is 0 Å². The predicted octanol–water partition coefficient (Wildman–Crippen LogP) is 4.55. The maximum Gasteiger partial charge on any atom is 0.142 e. The van der Waals surface area contributed by atoms with E-state index in [1.807, 2.05) is 45.2 Å². The topological polar surface area (TPSA) is 15.7 Å². The number of nitrogens with zero attached hydrogens (tertiary/aromatic N) is 2. The van der Waals surface area contributed by atoms with Gasteiger partial charge in [-0.05, 0) is 35.4 Å². The SMILES string of the molecule is COc1cc(/C=C/C=C/c2ccc(N(C)C)cc2)ccc1N(C)C. The Morgan fingerprint density at radius 3 is 1.88 bits per heavy atom. The van der Waals surface area contributed by atoms with Crippen LogP contribution in [0.25, 0.3) is 12.2 Å². The molecule has 0 amide bonds. The number of rotatable bonds is 6. The number of benzene rings is 2. The minimum Gasteiger partial charge on any atom is -0.495 e. The predicted molar refractivity (Wildman–Crippen MR) is 106 cm³/mol. The van der Waals surface area contributed by atoms with Crippen LogP contribution in [0.4, 0.5) is 11.4 Å². The third-order valence-corrected chi connectivity index (χ3v) is 3.78. The van der Waals surface area contributed by atoms with E-state index in [1.165, 1.54) is 11.3 Å². The van der Waals surface area contributed by atoms with Crippen molar-refractivity contribution in [2.24, 2.45) is 0 Å². The molecule has 0 saturated heterocycles. The fourth-order valence-electron chi connectivity index (χ4n) is 2.38. The molecule has 3 nitrogen and oxygen atoms in total. The van der Waals surface area contributed by atoms with Gasteiger partial charge >= 0.3 is 0 Å². The number of anilines is 2. The second kappa shape index (κ2) is 8.25. The summed E-state index contributed by atoms with van der Waals surface area (Å²) >= 11 is 0. The number of methoxy groups -OCH3 is 1. The summed E-state index contributed by atoms with van der Waals surface area (Å²) in [7, 11) is 9.81. The highest BCUT2D eigenvalue weighted by Crippen LogP contribution is 2.28. The molecule has 0 aliphatic carbocycles. The number of hydrogen-bond donors (Lipinski definition) is 0. The summed E-state index contributed by atoms with van der Waals surface area (Å²) in [6, 6.07) is 14.7. The highest BCUT2D eigenvalue weighted by Gasteiger charge is 2.04. The molecule has 0 aromatic heterocycles. The molecule has 2 rings (SSSR count). The second-order valence-corrected chi connectivity index (χ2v) is 6.03. The molecule has 0 atom stereocenters. The quantitative estimate of drug-likeness (QED) is 0.725. The van der Waals surface area contributed by atoms with Gasteiger partial charge in [0.25, 0.3) is 0 Å². The Morgan fingerprint density at radius 1 is 0.750 bits per heavy atom. The summed E-state index contributed by atoms with van der Waals surface area (Å²) < 4.78 is 5.46. The molecule has 0 bridgehead atoms. The zero-order valence-corrected chi connectivity index (χ0v) is 15.2. The lowest BCUT2D eigenvalue weighted by Crippen LogP contribution is -2.09. The van der Waals surface area contributed by atoms with E-state index in [-0.39, 0.29) is 0 Å². The first-order valence-electron chi connectivity index (χ1n) is 7.99. The second-order valence-electron chi connectivity index (χ2n) is 6.03. The maximum absolute atomic E-state index is 5.46. The lowest BCUT2D eigenvalue weighted by molar-refractivity contribution is 0.415. The molecule has 0 unspecified atom stereocenters. The minimum absolute atomic E-state index is 0.880. The van der Waals surface area contributed by atoms with Crippen molar-refractivity contribution >= 4 is 23.5 Å². The van der Waals surface area contributed by atoms with E-state index in [0.717, 1.165) is 17.0 Å². The third kappa shape index (κ3) is 4.66. The van der Waals surface area contributed by atoms with E-state index < -0.39 is 0 Å². The Morgan fingerprint density at radius 2 is 1.33 bits per heavy atom. The van der Waals surface area contributed by atoms with Gasteiger partial charge in [0.2, 0.25) is 0 Å². The third-order valence-electron chi connectivity index (χ3n) is 3.78. The average molecular weight is 322 g/mol. The van der Waals surface area contributed by atoms with Crippen LogP contribution in [-0.2, 0) is 0 Å². The summed E-state index contributed by atoms with van der Waals surface area (Å²) in [6.07, 6.45) is 8.27. The van der Waals surface area contributed by atoms with Crippen molar-refractivity contribution in [2.75, 3.05) is 45.1 Å². The van der Waals surface area contributed by atoms with Crippen LogP contribution in [0.1, 0.15) is 11.1 Å². The molecule has 0 saturated carbocycles. The van der Waals surface area contributed by atoms with Gasteiger partial charge in [-0.1, -0.05) is 42.5 Å². The van der Waals surface area contributed by atoms with Crippen LogP contribution < -0.4 is 14.5 Å². The molecular weight excluding hydrogens is 296 g/mol. The van der Waals surface area contributed by atoms with Gasteiger partial charge in [0.1, 0.15) is 5.75 Å². The molecule has 0 fully saturated rings. The van der Waals surface area contributed by atoms with Crippen LogP contribution >= 0.6 is 0 Å². The van der Waals surface area contributed by atoms with Gasteiger partial charge < -0.3 is 14.5 Å². The summed E-state index contributed by atoms with van der Waals surface area (Å²) in [5.74, 6) is 0.880. The normalized spacial score (nSPS) is 11.2. The van der Waals surface area contributed by atoms with Crippen LogP contribution in [0, 0.1) is 0 Å². The van der Waals surface area contributed by atoms with E-state index in [4.69, 9.17) is 4.74 Å². The molecule has 0 spiro atoms. The first-order chi connectivity index (χ1) is 11.5. The van der Waals surface area contributed by atoms with Gasteiger partial charge in [0.15, 0.2) is 0 Å². The first-order valence-corrected chi connectivity index (χ1v) is 7.99. The Balaban J connectivity index is 2.05. The molecule has 126 valence electrons. The fourth-order valence-corrected chi connectivity index (χ4v) is 2.38. The molecule has 2 aromatic rings. The van der Waals surface area contributed by atoms with Crippen molar-refractivity contribution in [1.82, 2.24) is 0 Å². The minimum atomic E-state index is 0.880. The molecular formula is C21H26N2O. The van der Waals surface area contributed by atoms with Crippen molar-refractivity contribution in [1.29, 1.82) is 0 Å². The van der Waals surface area contributed by atoms with Crippen LogP contribution in [0.5, 0.6) is 5.75 Å². The highest BCUT2D eigenvalue weighted by atomic mass is 16.5. The molecule has 24 heavy (non-hydrogen) atoms. The smallest absolute Gasteiger partial charge is 0.142 e. The maximum atomic E-state index is 5.46. The van der Waals surface area contributed by atoms with Crippen molar-refractivity contribution in [3.05, 3.63) is 65.7 Å². The number of ether oxygens (including phenoxy) is 1. The monoisotopic (exact) mass is 322 g/mol. The van der Waals surface area contributed by atoms with Crippen molar-refractivity contribution in [2.45, 2.75) is 0 Å². The summed E-state index contributed by atoms with van der Waals surface area (Å²) in [5, 5.41) is 0. The molecule has 0 N–H and O–H groups in total. The Bertz CT molecular complexity index is 713. The van der Waals surface area contributed by atoms with Gasteiger partial charge in [0.05, 0.1) is 12.8 Å². The van der Waals surface area contributed by atoms with Crippen molar-refractivity contribution < 1.29 is 4.74 Å². The Hall–Kier alpha value is -2.68. The summed E-state index contributed by atoms with van der Waals surface area (Å²) in [4.78, 5) is 4.14. The molecule has 0 radical (unpaired) electrons. The lowest BCUT2D eigenvalue weighted by Gasteiger charge is -2.16. The van der Waals surface area contributed by atoms with Gasteiger partial charge in [-0.2, -0.15) is 0 Å². The summed E-state index contributed by atoms with van der Waals surface area (Å²) in [6.45, 7) is 0. The Labute approximate surface area is 145 Å². The van der Waals surface area contributed by atoms with Crippen LogP contribution in [0.3, 0.4) is 0 Å². The molecule has 3 heteroatoms. The van der Waals surface area contributed by atoms with Crippen LogP contribution in [-0.4, -0.2) is 35.3 Å². The fraction of sp³-hybridized carbons (Fsp3) is 0.238. The molecule has 0 heterocycles. The van der Waals surface area contributed by atoms with E-state index in [2.05, 4.69) is 59.5 Å². The van der Waals surface area contributed by atoms with E-state index >= 15 is 0 Å². The zero-order valence-electron chi connectivity index (χ0n) is 15.2. The summed E-state index contributed by atoms with van der Waals surface area (Å²) in [5.41, 5.74) is 4.58. The number of hydrogen-bond acceptors (Lipinski definition) is 3. The number of allylic oxidation sites excluding steroid dienone is 2. The highest BCUT2D eigenvalue weighted by molar-refractivity contribution is 5.65. The van der Waals surface area contributed by atoms with Gasteiger partial charge in [0, 0.05) is 33.9 Å². The lowest BCUT2D eigenvalue weighted by atomic mass is 10.1. The van der Waals surface area contributed by atoms with Gasteiger partial charge in [-0.25, -0.2) is 0 Å². The molecule has 0 aliphatic heterocycles. The molecule has 2 aromatic carbocycles. The van der Waals surface area contributed by atoms with Gasteiger partial charge in [-0.15, -0.1) is 0 Å². The van der Waals surface area contributed by atoms with Crippen LogP contribution in [0.2, 0.25) is 0 Å². The molecule has 0 aliphatic rings.